The first-order valence-corrected chi connectivity index (χ1v) is 5.76. The average molecular weight is 226 g/mol. The SMILES string of the molecule is CN1CC(C(=O)NCC2CC(O)C2)CC1=O. The lowest BCUT2D eigenvalue weighted by molar-refractivity contribution is -0.128. The minimum absolute atomic E-state index is 0.0286. The monoisotopic (exact) mass is 226 g/mol. The van der Waals surface area contributed by atoms with E-state index in [4.69, 9.17) is 5.11 Å². The van der Waals surface area contributed by atoms with Gasteiger partial charge in [0.05, 0.1) is 12.0 Å². The molecule has 16 heavy (non-hydrogen) atoms. The third-order valence-electron chi connectivity index (χ3n) is 3.49. The van der Waals surface area contributed by atoms with Gasteiger partial charge in [-0.25, -0.2) is 0 Å². The van der Waals surface area contributed by atoms with Crippen LogP contribution in [-0.4, -0.2) is 48.1 Å². The first-order chi connectivity index (χ1) is 7.56. The molecule has 0 radical (unpaired) electrons. The minimum Gasteiger partial charge on any atom is -0.393 e. The number of hydrogen-bond acceptors (Lipinski definition) is 3. The number of amides is 2. The smallest absolute Gasteiger partial charge is 0.225 e. The zero-order valence-electron chi connectivity index (χ0n) is 9.48. The van der Waals surface area contributed by atoms with E-state index in [9.17, 15) is 9.59 Å². The minimum atomic E-state index is -0.192. The van der Waals surface area contributed by atoms with E-state index in [0.29, 0.717) is 25.4 Å². The standard InChI is InChI=1S/C11H18N2O3/c1-13-6-8(4-10(13)15)11(16)12-5-7-2-9(14)3-7/h7-9,14H,2-6H2,1H3,(H,12,16). The van der Waals surface area contributed by atoms with Crippen LogP contribution in [0.4, 0.5) is 0 Å². The van der Waals surface area contributed by atoms with Crippen molar-refractivity contribution >= 4 is 11.8 Å². The molecule has 2 rings (SSSR count). The Morgan fingerprint density at radius 1 is 1.56 bits per heavy atom. The maximum atomic E-state index is 11.7. The number of aliphatic hydroxyl groups excluding tert-OH is 1. The molecule has 90 valence electrons. The van der Waals surface area contributed by atoms with E-state index in [-0.39, 0.29) is 23.8 Å². The van der Waals surface area contributed by atoms with Gasteiger partial charge in [-0.1, -0.05) is 0 Å². The topological polar surface area (TPSA) is 69.6 Å². The predicted molar refractivity (Wildman–Crippen MR) is 57.5 cm³/mol. The molecule has 1 saturated carbocycles. The molecular weight excluding hydrogens is 208 g/mol. The number of carbonyl (C=O) groups excluding carboxylic acids is 2. The predicted octanol–water partition coefficient (Wildman–Crippen LogP) is -0.648. The Hall–Kier alpha value is -1.10. The average Bonchev–Trinajstić information content (AvgIpc) is 2.52. The highest BCUT2D eigenvalue weighted by molar-refractivity contribution is 5.89. The Balaban J connectivity index is 1.70. The van der Waals surface area contributed by atoms with Crippen molar-refractivity contribution in [3.8, 4) is 0 Å². The van der Waals surface area contributed by atoms with Crippen molar-refractivity contribution in [1.82, 2.24) is 10.2 Å². The van der Waals surface area contributed by atoms with Gasteiger partial charge in [-0.05, 0) is 18.8 Å². The molecule has 1 aliphatic carbocycles. The van der Waals surface area contributed by atoms with E-state index < -0.39 is 0 Å². The number of nitrogens with zero attached hydrogens (tertiary/aromatic N) is 1. The van der Waals surface area contributed by atoms with Crippen molar-refractivity contribution in [2.24, 2.45) is 11.8 Å². The second-order valence-electron chi connectivity index (χ2n) is 4.91. The molecule has 1 heterocycles. The Morgan fingerprint density at radius 3 is 2.75 bits per heavy atom. The van der Waals surface area contributed by atoms with E-state index >= 15 is 0 Å². The summed E-state index contributed by atoms with van der Waals surface area (Å²) < 4.78 is 0. The fraction of sp³-hybridized carbons (Fsp3) is 0.818. The lowest BCUT2D eigenvalue weighted by Gasteiger charge is -2.31. The highest BCUT2D eigenvalue weighted by Crippen LogP contribution is 2.26. The van der Waals surface area contributed by atoms with Crippen molar-refractivity contribution in [3.63, 3.8) is 0 Å². The second-order valence-corrected chi connectivity index (χ2v) is 4.91. The number of likely N-dealkylation sites (tertiary alicyclic amines) is 1. The lowest BCUT2D eigenvalue weighted by atomic mass is 9.82. The molecule has 2 amide bonds. The number of rotatable bonds is 3. The third kappa shape index (κ3) is 2.35. The molecule has 1 unspecified atom stereocenters. The molecule has 0 aromatic carbocycles. The first-order valence-electron chi connectivity index (χ1n) is 5.76. The zero-order valence-corrected chi connectivity index (χ0v) is 9.48. The van der Waals surface area contributed by atoms with E-state index in [2.05, 4.69) is 5.32 Å². The van der Waals surface area contributed by atoms with E-state index in [0.717, 1.165) is 12.8 Å². The van der Waals surface area contributed by atoms with Gasteiger partial charge in [0.1, 0.15) is 0 Å². The highest BCUT2D eigenvalue weighted by Gasteiger charge is 2.33. The quantitative estimate of drug-likeness (QED) is 0.672. The van der Waals surface area contributed by atoms with Crippen LogP contribution in [0.15, 0.2) is 0 Å². The summed E-state index contributed by atoms with van der Waals surface area (Å²) in [5, 5.41) is 12.0. The van der Waals surface area contributed by atoms with Gasteiger partial charge < -0.3 is 15.3 Å². The molecule has 5 heteroatoms. The van der Waals surface area contributed by atoms with Crippen LogP contribution in [0.3, 0.4) is 0 Å². The summed E-state index contributed by atoms with van der Waals surface area (Å²) >= 11 is 0. The van der Waals surface area contributed by atoms with Gasteiger partial charge in [-0.15, -0.1) is 0 Å². The molecule has 1 atom stereocenters. The van der Waals surface area contributed by atoms with Gasteiger partial charge in [-0.2, -0.15) is 0 Å². The van der Waals surface area contributed by atoms with Gasteiger partial charge in [0, 0.05) is 26.6 Å². The Labute approximate surface area is 94.8 Å². The molecular formula is C11H18N2O3. The summed E-state index contributed by atoms with van der Waals surface area (Å²) in [7, 11) is 1.72. The molecule has 2 aliphatic rings. The molecule has 5 nitrogen and oxygen atoms in total. The summed E-state index contributed by atoms with van der Waals surface area (Å²) in [5.74, 6) is 0.231. The lowest BCUT2D eigenvalue weighted by Crippen LogP contribution is -2.41. The van der Waals surface area contributed by atoms with Gasteiger partial charge in [0.2, 0.25) is 11.8 Å². The molecule has 2 fully saturated rings. The van der Waals surface area contributed by atoms with Crippen LogP contribution in [0.2, 0.25) is 0 Å². The summed E-state index contributed by atoms with van der Waals surface area (Å²) in [6, 6.07) is 0. The molecule has 0 aromatic heterocycles. The Morgan fingerprint density at radius 2 is 2.25 bits per heavy atom. The van der Waals surface area contributed by atoms with Gasteiger partial charge >= 0.3 is 0 Å². The van der Waals surface area contributed by atoms with Gasteiger partial charge in [-0.3, -0.25) is 9.59 Å². The Bertz CT molecular complexity index is 300. The van der Waals surface area contributed by atoms with Crippen molar-refractivity contribution in [2.75, 3.05) is 20.1 Å². The first kappa shape index (κ1) is 11.4. The molecule has 1 saturated heterocycles. The van der Waals surface area contributed by atoms with Crippen molar-refractivity contribution in [2.45, 2.75) is 25.4 Å². The van der Waals surface area contributed by atoms with Crippen LogP contribution >= 0.6 is 0 Å². The van der Waals surface area contributed by atoms with Gasteiger partial charge in [0.15, 0.2) is 0 Å². The maximum Gasteiger partial charge on any atom is 0.225 e. The molecule has 1 aliphatic heterocycles. The fourth-order valence-corrected chi connectivity index (χ4v) is 2.30. The second kappa shape index (κ2) is 4.41. The number of nitrogens with one attached hydrogen (secondary N) is 1. The maximum absolute atomic E-state index is 11.7. The zero-order chi connectivity index (χ0) is 11.7. The summed E-state index contributed by atoms with van der Waals surface area (Å²) in [6.45, 7) is 1.16. The molecule has 2 N–H and O–H groups in total. The summed E-state index contributed by atoms with van der Waals surface area (Å²) in [4.78, 5) is 24.6. The molecule has 0 spiro atoms. The van der Waals surface area contributed by atoms with Crippen LogP contribution in [0.25, 0.3) is 0 Å². The van der Waals surface area contributed by atoms with E-state index in [1.54, 1.807) is 11.9 Å². The van der Waals surface area contributed by atoms with Crippen LogP contribution in [-0.2, 0) is 9.59 Å². The fourth-order valence-electron chi connectivity index (χ4n) is 2.30. The van der Waals surface area contributed by atoms with Crippen LogP contribution in [0, 0.1) is 11.8 Å². The number of carbonyl (C=O) groups is 2. The molecule has 0 bridgehead atoms. The highest BCUT2D eigenvalue weighted by atomic mass is 16.3. The normalized spacial score (nSPS) is 33.8. The van der Waals surface area contributed by atoms with Crippen molar-refractivity contribution in [1.29, 1.82) is 0 Å². The van der Waals surface area contributed by atoms with Crippen molar-refractivity contribution < 1.29 is 14.7 Å². The largest absolute Gasteiger partial charge is 0.393 e. The third-order valence-corrected chi connectivity index (χ3v) is 3.49. The molecule has 0 aromatic rings. The van der Waals surface area contributed by atoms with Crippen LogP contribution < -0.4 is 5.32 Å². The van der Waals surface area contributed by atoms with E-state index in [1.807, 2.05) is 0 Å². The van der Waals surface area contributed by atoms with Crippen molar-refractivity contribution in [3.05, 3.63) is 0 Å². The number of aliphatic hydroxyl groups is 1. The van der Waals surface area contributed by atoms with E-state index in [1.165, 1.54) is 0 Å². The summed E-state index contributed by atoms with van der Waals surface area (Å²) in [6.07, 6.45) is 1.71. The van der Waals surface area contributed by atoms with Gasteiger partial charge in [0.25, 0.3) is 0 Å². The Kier molecular flexibility index (Phi) is 3.14. The van der Waals surface area contributed by atoms with Crippen LogP contribution in [0.1, 0.15) is 19.3 Å². The summed E-state index contributed by atoms with van der Waals surface area (Å²) in [5.41, 5.74) is 0. The number of hydrogen-bond donors (Lipinski definition) is 2. The van der Waals surface area contributed by atoms with Crippen LogP contribution in [0.5, 0.6) is 0 Å².